The molecule has 3 saturated heterocycles. The third-order valence-corrected chi connectivity index (χ3v) is 9.98. The van der Waals surface area contributed by atoms with Gasteiger partial charge in [0.1, 0.15) is 36.6 Å². The summed E-state index contributed by atoms with van der Waals surface area (Å²) in [4.78, 5) is 85.9. The van der Waals surface area contributed by atoms with Crippen molar-refractivity contribution in [2.45, 2.75) is 49.1 Å². The lowest BCUT2D eigenvalue weighted by Crippen LogP contribution is -2.39. The van der Waals surface area contributed by atoms with Crippen molar-refractivity contribution < 1.29 is 65.9 Å². The Kier molecular flexibility index (Phi) is 8.71. The van der Waals surface area contributed by atoms with Crippen LogP contribution < -0.4 is 22.6 Å². The molecule has 26 nitrogen and oxygen atoms in total. The van der Waals surface area contributed by atoms with Crippen LogP contribution in [-0.2, 0) is 41.2 Å². The quantitative estimate of drug-likeness (QED) is 0.0949. The molecule has 7 heterocycles. The van der Waals surface area contributed by atoms with Crippen molar-refractivity contribution in [3.05, 3.63) is 33.4 Å². The first-order valence-corrected chi connectivity index (χ1v) is 17.9. The first-order chi connectivity index (χ1) is 23.1. The number of nitrogens with zero attached hydrogens (tertiary/aromatic N) is 6. The standard InChI is InChI=1S/C20H25N10O16P3/c21-19-25-13-7(15(32)27-19)23-3-29(13)17-9(31)10-5(42-17)1-40-49(38,39)46-11-6(2-41-48(36,37)45-10)43-18(12(11)44-47(34)35)30-4-24-8-14(30)26-20(22)28-16(8)33/h3-6,9-12,17-18,31,34-35H,1-2H2,(H,36,37)(H,38,39)(H3,21,25,27,32)(H3,22,26,28,33)/t5-,6-,9?,10+,11+,12?,17-,18-/m1/s1. The van der Waals surface area contributed by atoms with Crippen LogP contribution in [0, 0.1) is 0 Å². The van der Waals surface area contributed by atoms with E-state index < -0.39 is 97.7 Å². The van der Waals surface area contributed by atoms with Crippen molar-refractivity contribution in [1.29, 1.82) is 0 Å². The molecule has 0 saturated carbocycles. The maximum atomic E-state index is 13.3. The molecule has 0 spiro atoms. The number of phosphoric acid groups is 2. The number of imidazole rings is 2. The van der Waals surface area contributed by atoms with E-state index in [1.54, 1.807) is 0 Å². The number of fused-ring (bicyclic) bond motifs is 4. The highest BCUT2D eigenvalue weighted by molar-refractivity contribution is 7.47. The number of rotatable bonds is 4. The number of hydrogen-bond acceptors (Lipinski definition) is 20. The molecular weight excluding hydrogens is 729 g/mol. The lowest BCUT2D eigenvalue weighted by Gasteiger charge is -2.28. The molecule has 0 bridgehead atoms. The average Bonchev–Trinajstić information content (AvgIpc) is 3.76. The Morgan fingerprint density at radius 1 is 0.837 bits per heavy atom. The topological polar surface area (TPSA) is 379 Å². The number of hydrogen-bond donors (Lipinski definition) is 9. The molecule has 4 unspecified atom stereocenters. The van der Waals surface area contributed by atoms with Gasteiger partial charge in [-0.2, -0.15) is 9.97 Å². The highest BCUT2D eigenvalue weighted by Crippen LogP contribution is 2.54. The normalized spacial score (nSPS) is 35.7. The van der Waals surface area contributed by atoms with Gasteiger partial charge in [0, 0.05) is 0 Å². The van der Waals surface area contributed by atoms with E-state index in [2.05, 4.69) is 29.9 Å². The van der Waals surface area contributed by atoms with E-state index in [1.807, 2.05) is 0 Å². The summed E-state index contributed by atoms with van der Waals surface area (Å²) in [6.07, 6.45) is -11.3. The minimum absolute atomic E-state index is 0.144. The molecule has 4 aromatic heterocycles. The van der Waals surface area contributed by atoms with Gasteiger partial charge in [-0.15, -0.1) is 0 Å². The van der Waals surface area contributed by atoms with Crippen molar-refractivity contribution in [2.75, 3.05) is 24.7 Å². The molecular formula is C20H25N10O16P3. The first kappa shape index (κ1) is 34.2. The fraction of sp³-hybridized carbons (Fsp3) is 0.500. The minimum atomic E-state index is -5.22. The lowest BCUT2D eigenvalue weighted by atomic mass is 10.1. The van der Waals surface area contributed by atoms with Gasteiger partial charge < -0.3 is 50.1 Å². The summed E-state index contributed by atoms with van der Waals surface area (Å²) < 4.78 is 66.4. The second kappa shape index (κ2) is 12.5. The molecule has 29 heteroatoms. The van der Waals surface area contributed by atoms with Gasteiger partial charge in [0.15, 0.2) is 34.8 Å². The zero-order valence-electron chi connectivity index (χ0n) is 24.1. The molecule has 3 fully saturated rings. The third-order valence-electron chi connectivity index (χ3n) is 7.57. The van der Waals surface area contributed by atoms with Gasteiger partial charge in [-0.05, 0) is 0 Å². The maximum Gasteiger partial charge on any atom is 0.472 e. The van der Waals surface area contributed by atoms with Crippen molar-refractivity contribution >= 4 is 58.5 Å². The summed E-state index contributed by atoms with van der Waals surface area (Å²) in [7, 11) is -13.6. The second-order valence-electron chi connectivity index (χ2n) is 10.7. The van der Waals surface area contributed by atoms with Crippen molar-refractivity contribution in [3.63, 3.8) is 0 Å². The van der Waals surface area contributed by atoms with Crippen molar-refractivity contribution in [2.24, 2.45) is 0 Å². The van der Waals surface area contributed by atoms with Gasteiger partial charge in [0.25, 0.3) is 11.1 Å². The fourth-order valence-corrected chi connectivity index (χ4v) is 7.96. The van der Waals surface area contributed by atoms with E-state index in [1.165, 1.54) is 0 Å². The Balaban J connectivity index is 1.21. The van der Waals surface area contributed by atoms with Crippen LogP contribution in [0.5, 0.6) is 0 Å². The molecule has 266 valence electrons. The molecule has 0 aromatic carbocycles. The highest BCUT2D eigenvalue weighted by Gasteiger charge is 2.55. The molecule has 3 aliphatic heterocycles. The van der Waals surface area contributed by atoms with Gasteiger partial charge in [-0.3, -0.25) is 46.8 Å². The number of aliphatic hydroxyl groups is 1. The summed E-state index contributed by atoms with van der Waals surface area (Å²) in [5, 5.41) is 11.2. The third kappa shape index (κ3) is 6.42. The van der Waals surface area contributed by atoms with Crippen LogP contribution in [0.4, 0.5) is 11.9 Å². The number of H-pyrrole nitrogens is 2. The molecule has 4 aromatic rings. The smallest absolute Gasteiger partial charge is 0.386 e. The van der Waals surface area contributed by atoms with Crippen LogP contribution in [0.3, 0.4) is 0 Å². The number of anilines is 2. The largest absolute Gasteiger partial charge is 0.472 e. The number of nitrogen functional groups attached to an aromatic ring is 2. The number of phosphoric ester groups is 2. The molecule has 3 aliphatic rings. The lowest BCUT2D eigenvalue weighted by molar-refractivity contribution is -0.0663. The Bertz CT molecular complexity index is 2120. The van der Waals surface area contributed by atoms with E-state index in [4.69, 9.17) is 43.6 Å². The molecule has 10 atom stereocenters. The summed E-state index contributed by atoms with van der Waals surface area (Å²) >= 11 is 0. The predicted molar refractivity (Wildman–Crippen MR) is 156 cm³/mol. The molecule has 0 amide bonds. The van der Waals surface area contributed by atoms with Crippen LogP contribution in [0.1, 0.15) is 12.5 Å². The van der Waals surface area contributed by atoms with E-state index in [0.29, 0.717) is 0 Å². The zero-order valence-corrected chi connectivity index (χ0v) is 26.8. The van der Waals surface area contributed by atoms with Crippen LogP contribution in [0.25, 0.3) is 22.3 Å². The highest BCUT2D eigenvalue weighted by atomic mass is 31.2. The van der Waals surface area contributed by atoms with Gasteiger partial charge in [-0.1, -0.05) is 0 Å². The second-order valence-corrected chi connectivity index (χ2v) is 14.2. The van der Waals surface area contributed by atoms with Gasteiger partial charge in [0.05, 0.1) is 25.9 Å². The van der Waals surface area contributed by atoms with Gasteiger partial charge in [0.2, 0.25) is 11.9 Å². The number of aromatic nitrogens is 8. The Labute approximate surface area is 270 Å². The van der Waals surface area contributed by atoms with Gasteiger partial charge in [-0.25, -0.2) is 19.1 Å². The fourth-order valence-electron chi connectivity index (χ4n) is 5.59. The van der Waals surface area contributed by atoms with Crippen molar-refractivity contribution in [1.82, 2.24) is 39.0 Å². The Morgan fingerprint density at radius 2 is 1.31 bits per heavy atom. The minimum Gasteiger partial charge on any atom is -0.386 e. The zero-order chi connectivity index (χ0) is 35.0. The average molecular weight is 754 g/mol. The van der Waals surface area contributed by atoms with E-state index >= 15 is 0 Å². The van der Waals surface area contributed by atoms with Crippen molar-refractivity contribution in [3.8, 4) is 0 Å². The van der Waals surface area contributed by atoms with Crippen LogP contribution in [-0.4, -0.2) is 114 Å². The summed E-state index contributed by atoms with van der Waals surface area (Å²) in [6, 6.07) is 0. The van der Waals surface area contributed by atoms with Crippen LogP contribution >= 0.6 is 24.2 Å². The first-order valence-electron chi connectivity index (χ1n) is 13.7. The SMILES string of the molecule is Nc1nc2c(ncn2[C@@H]2O[C@@H]3COP(=O)(O)O[C@@H]4C(OP(O)O)[C@H](n5cnc6c(=O)[nH]c(N)nc65)O[C@@H]4COP(=O)(O)O[C@@H]3C2O)c(=O)[nH]1. The maximum absolute atomic E-state index is 13.3. The number of aliphatic hydroxyl groups excluding tert-OH is 1. The van der Waals surface area contributed by atoms with E-state index in [9.17, 15) is 43.4 Å². The van der Waals surface area contributed by atoms with E-state index in [0.717, 1.165) is 21.8 Å². The Hall–Kier alpha value is -3.29. The molecule has 0 radical (unpaired) electrons. The molecule has 11 N–H and O–H groups in total. The molecule has 49 heavy (non-hydrogen) atoms. The number of nitrogens with one attached hydrogen (secondary N) is 2. The Morgan fingerprint density at radius 3 is 1.84 bits per heavy atom. The summed E-state index contributed by atoms with van der Waals surface area (Å²) in [6.45, 7) is -1.87. The number of aromatic amines is 2. The van der Waals surface area contributed by atoms with Crippen LogP contribution in [0.2, 0.25) is 0 Å². The molecule has 7 rings (SSSR count). The molecule has 0 aliphatic carbocycles. The summed E-state index contributed by atoms with van der Waals surface area (Å²) in [5.74, 6) is -0.626. The van der Waals surface area contributed by atoms with Gasteiger partial charge >= 0.3 is 24.2 Å². The monoisotopic (exact) mass is 754 g/mol. The van der Waals surface area contributed by atoms with E-state index in [-0.39, 0.29) is 34.2 Å². The number of nitrogens with two attached hydrogens (primary N) is 2. The predicted octanol–water partition coefficient (Wildman–Crippen LogP) is -2.81. The number of ether oxygens (including phenoxy) is 2. The summed E-state index contributed by atoms with van der Waals surface area (Å²) in [5.41, 5.74) is 9.10. The van der Waals surface area contributed by atoms with Crippen LogP contribution in [0.15, 0.2) is 22.2 Å².